The molecule has 1 saturated carbocycles. The number of Topliss-reactive ketones (excluding diaryl/α,β-unsaturated/α-hetero) is 3. The van der Waals surface area contributed by atoms with Crippen LogP contribution in [-0.2, 0) is 34.4 Å². The molecular weight excluding hydrogens is 630 g/mol. The van der Waals surface area contributed by atoms with Crippen molar-refractivity contribution in [3.63, 3.8) is 0 Å². The number of sulfone groups is 1. The van der Waals surface area contributed by atoms with Crippen LogP contribution in [0.5, 0.6) is 0 Å². The first kappa shape index (κ1) is 34.2. The summed E-state index contributed by atoms with van der Waals surface area (Å²) in [5.74, 6) is -3.88. The van der Waals surface area contributed by atoms with Gasteiger partial charge in [-0.2, -0.15) is 0 Å². The van der Waals surface area contributed by atoms with Crippen LogP contribution < -0.4 is 0 Å². The number of carbonyl (C=O) groups excluding carboxylic acids is 4. The second kappa shape index (κ2) is 14.2. The minimum atomic E-state index is -4.09. The maximum absolute atomic E-state index is 15.0. The highest BCUT2D eigenvalue weighted by molar-refractivity contribution is 7.92. The molecule has 4 rings (SSSR count). The summed E-state index contributed by atoms with van der Waals surface area (Å²) in [6.45, 7) is 3.51. The summed E-state index contributed by atoms with van der Waals surface area (Å²) in [4.78, 5) is 59.0. The SMILES string of the molecule is CCCCCC(=O)C(=O)[C@H](CCC)CC(=O)[C@@H]1C[C@@H](S(=O)(=O)c2ccccc2Cl)CN1C(=O)C1(c2ncc(Cl)cc2F)CC1. The summed E-state index contributed by atoms with van der Waals surface area (Å²) in [5, 5.41) is -1.10. The quantitative estimate of drug-likeness (QED) is 0.167. The van der Waals surface area contributed by atoms with Crippen molar-refractivity contribution in [2.24, 2.45) is 5.92 Å². The molecule has 1 amide bonds. The summed E-state index contributed by atoms with van der Waals surface area (Å²) in [7, 11) is -4.09. The highest BCUT2D eigenvalue weighted by atomic mass is 35.5. The Bertz CT molecular complexity index is 1540. The van der Waals surface area contributed by atoms with E-state index in [9.17, 15) is 32.0 Å². The van der Waals surface area contributed by atoms with Crippen molar-refractivity contribution >= 4 is 56.3 Å². The van der Waals surface area contributed by atoms with Gasteiger partial charge in [-0.1, -0.05) is 68.4 Å². The third kappa shape index (κ3) is 7.07. The lowest BCUT2D eigenvalue weighted by Crippen LogP contribution is -2.47. The van der Waals surface area contributed by atoms with Crippen LogP contribution in [0.15, 0.2) is 41.4 Å². The molecule has 2 aromatic rings. The molecule has 8 nitrogen and oxygen atoms in total. The molecule has 2 heterocycles. The topological polar surface area (TPSA) is 119 Å². The van der Waals surface area contributed by atoms with Crippen molar-refractivity contribution in [1.82, 2.24) is 9.88 Å². The van der Waals surface area contributed by atoms with Crippen LogP contribution >= 0.6 is 23.2 Å². The number of halogens is 3. The molecule has 1 aromatic carbocycles. The fraction of sp³-hybridized carbons (Fsp3) is 0.531. The Labute approximate surface area is 267 Å². The van der Waals surface area contributed by atoms with Crippen LogP contribution in [-0.4, -0.2) is 59.4 Å². The van der Waals surface area contributed by atoms with Gasteiger partial charge in [0.2, 0.25) is 11.7 Å². The van der Waals surface area contributed by atoms with Gasteiger partial charge in [0.1, 0.15) is 5.82 Å². The van der Waals surface area contributed by atoms with Crippen molar-refractivity contribution in [2.45, 2.75) is 99.7 Å². The molecule has 3 atom stereocenters. The zero-order chi connectivity index (χ0) is 32.2. The van der Waals surface area contributed by atoms with E-state index in [-0.39, 0.29) is 59.3 Å². The molecule has 1 aliphatic heterocycles. The molecule has 0 bridgehead atoms. The van der Waals surface area contributed by atoms with E-state index in [0.29, 0.717) is 19.3 Å². The number of rotatable bonds is 15. The predicted octanol–water partition coefficient (Wildman–Crippen LogP) is 6.10. The molecule has 0 radical (unpaired) electrons. The average molecular weight is 668 g/mol. The van der Waals surface area contributed by atoms with Gasteiger partial charge < -0.3 is 4.90 Å². The van der Waals surface area contributed by atoms with Crippen LogP contribution in [0, 0.1) is 11.7 Å². The molecule has 1 aromatic heterocycles. The minimum absolute atomic E-state index is 0.0152. The van der Waals surface area contributed by atoms with E-state index in [2.05, 4.69) is 4.98 Å². The van der Waals surface area contributed by atoms with Crippen LogP contribution in [0.2, 0.25) is 10.0 Å². The highest BCUT2D eigenvalue weighted by Gasteiger charge is 2.59. The number of hydrogen-bond donors (Lipinski definition) is 0. The number of carbonyl (C=O) groups is 4. The Morgan fingerprint density at radius 2 is 1.80 bits per heavy atom. The van der Waals surface area contributed by atoms with Gasteiger partial charge in [-0.25, -0.2) is 12.8 Å². The lowest BCUT2D eigenvalue weighted by atomic mass is 9.87. The van der Waals surface area contributed by atoms with Crippen molar-refractivity contribution in [1.29, 1.82) is 0 Å². The number of amides is 1. The van der Waals surface area contributed by atoms with Crippen LogP contribution in [0.3, 0.4) is 0 Å². The Hall–Kier alpha value is -2.69. The van der Waals surface area contributed by atoms with E-state index in [1.807, 2.05) is 13.8 Å². The lowest BCUT2D eigenvalue weighted by molar-refractivity contribution is -0.142. The van der Waals surface area contributed by atoms with E-state index in [0.717, 1.165) is 18.9 Å². The average Bonchev–Trinajstić information content (AvgIpc) is 3.65. The van der Waals surface area contributed by atoms with E-state index in [1.165, 1.54) is 29.3 Å². The first-order valence-electron chi connectivity index (χ1n) is 15.1. The van der Waals surface area contributed by atoms with Crippen molar-refractivity contribution < 1.29 is 32.0 Å². The zero-order valence-electron chi connectivity index (χ0n) is 24.9. The summed E-state index contributed by atoms with van der Waals surface area (Å²) in [6, 6.07) is 5.81. The first-order chi connectivity index (χ1) is 20.9. The normalized spacial score (nSPS) is 19.9. The highest BCUT2D eigenvalue weighted by Crippen LogP contribution is 2.51. The molecule has 0 spiro atoms. The number of pyridine rings is 1. The Morgan fingerprint density at radius 1 is 1.09 bits per heavy atom. The van der Waals surface area contributed by atoms with Crippen LogP contribution in [0.25, 0.3) is 0 Å². The first-order valence-corrected chi connectivity index (χ1v) is 17.4. The van der Waals surface area contributed by atoms with Gasteiger partial charge in [0.05, 0.1) is 37.3 Å². The number of likely N-dealkylation sites (tertiary alicyclic amines) is 1. The van der Waals surface area contributed by atoms with E-state index >= 15 is 0 Å². The fourth-order valence-electron chi connectivity index (χ4n) is 6.07. The largest absolute Gasteiger partial charge is 0.330 e. The van der Waals surface area contributed by atoms with Crippen molar-refractivity contribution in [3.05, 3.63) is 58.1 Å². The molecule has 2 aliphatic rings. The maximum atomic E-state index is 15.0. The molecular formula is C32H37Cl2FN2O6S. The Balaban J connectivity index is 1.66. The molecule has 0 N–H and O–H groups in total. The van der Waals surface area contributed by atoms with E-state index in [1.54, 1.807) is 6.07 Å². The Kier molecular flexibility index (Phi) is 11.0. The van der Waals surface area contributed by atoms with Crippen LogP contribution in [0.1, 0.15) is 83.7 Å². The summed E-state index contributed by atoms with van der Waals surface area (Å²) >= 11 is 12.1. The summed E-state index contributed by atoms with van der Waals surface area (Å²) in [5.41, 5.74) is -1.46. The van der Waals surface area contributed by atoms with Gasteiger partial charge in [0, 0.05) is 31.5 Å². The van der Waals surface area contributed by atoms with Gasteiger partial charge in [-0.05, 0) is 50.3 Å². The van der Waals surface area contributed by atoms with E-state index < -0.39 is 61.5 Å². The molecule has 0 unspecified atom stereocenters. The maximum Gasteiger partial charge on any atom is 0.235 e. The molecule has 44 heavy (non-hydrogen) atoms. The monoisotopic (exact) mass is 666 g/mol. The standard InChI is InChI=1S/C32H37Cl2FN2O6S/c1-3-5-6-11-26(38)29(40)20(9-4-2)15-27(39)25-17-22(44(42,43)28-12-8-7-10-23(28)34)19-37(25)31(41)32(13-14-32)30-24(35)16-21(33)18-36-30/h7-8,10,12,16,18,20,22,25H,3-6,9,11,13-15,17,19H2,1-2H3/t20-,22-,25+/m1/s1. The second-order valence-corrected chi connectivity index (χ2v) is 14.8. The van der Waals surface area contributed by atoms with Crippen LogP contribution in [0.4, 0.5) is 4.39 Å². The second-order valence-electron chi connectivity index (χ2n) is 11.8. The smallest absolute Gasteiger partial charge is 0.235 e. The van der Waals surface area contributed by atoms with Gasteiger partial charge in [0.15, 0.2) is 21.4 Å². The number of nitrogens with zero attached hydrogens (tertiary/aromatic N) is 2. The number of hydrogen-bond acceptors (Lipinski definition) is 7. The number of unbranched alkanes of at least 4 members (excludes halogenated alkanes) is 2. The fourth-order valence-corrected chi connectivity index (χ4v) is 8.43. The predicted molar refractivity (Wildman–Crippen MR) is 165 cm³/mol. The van der Waals surface area contributed by atoms with Gasteiger partial charge in [-0.3, -0.25) is 24.2 Å². The molecule has 1 saturated heterocycles. The lowest BCUT2D eigenvalue weighted by Gasteiger charge is -2.29. The summed E-state index contributed by atoms with van der Waals surface area (Å²) in [6.07, 6.45) is 4.47. The van der Waals surface area contributed by atoms with Gasteiger partial charge in [-0.15, -0.1) is 0 Å². The van der Waals surface area contributed by atoms with Gasteiger partial charge >= 0.3 is 0 Å². The number of aromatic nitrogens is 1. The van der Waals surface area contributed by atoms with Crippen molar-refractivity contribution in [2.75, 3.05) is 6.54 Å². The molecule has 1 aliphatic carbocycles. The molecule has 12 heteroatoms. The molecule has 238 valence electrons. The molecule has 2 fully saturated rings. The third-order valence-corrected chi connectivity index (χ3v) is 11.5. The Morgan fingerprint density at radius 3 is 2.41 bits per heavy atom. The third-order valence-electron chi connectivity index (χ3n) is 8.64. The number of benzene rings is 1. The van der Waals surface area contributed by atoms with E-state index in [4.69, 9.17) is 23.2 Å². The van der Waals surface area contributed by atoms with Gasteiger partial charge in [0.25, 0.3) is 0 Å². The zero-order valence-corrected chi connectivity index (χ0v) is 27.2. The summed E-state index contributed by atoms with van der Waals surface area (Å²) < 4.78 is 42.5. The minimum Gasteiger partial charge on any atom is -0.330 e. The number of ketones is 3. The van der Waals surface area contributed by atoms with Crippen molar-refractivity contribution in [3.8, 4) is 0 Å².